The molecule has 0 aliphatic carbocycles. The molecule has 1 fully saturated rings. The molecule has 0 radical (unpaired) electrons. The molecule has 4 bridgehead atoms. The highest BCUT2D eigenvalue weighted by molar-refractivity contribution is 8.23. The van der Waals surface area contributed by atoms with E-state index in [0.717, 1.165) is 21.3 Å². The number of pyridine rings is 3. The van der Waals surface area contributed by atoms with E-state index in [9.17, 15) is 52.7 Å². The molecule has 0 spiro atoms. The molecule has 4 aromatic carbocycles. The quantitative estimate of drug-likeness (QED) is 0.0248. The second-order valence-corrected chi connectivity index (χ2v) is 29.4. The number of benzene rings is 4. The predicted molar refractivity (Wildman–Crippen MR) is 444 cm³/mol. The third kappa shape index (κ3) is 24.4. The third-order valence-electron chi connectivity index (χ3n) is 19.5. The zero-order valence-electron chi connectivity index (χ0n) is 65.6. The summed E-state index contributed by atoms with van der Waals surface area (Å²) in [7, 11) is 1.83. The summed E-state index contributed by atoms with van der Waals surface area (Å²) in [6.45, 7) is 12.2. The van der Waals surface area contributed by atoms with E-state index in [2.05, 4.69) is 53.6 Å². The zero-order valence-corrected chi connectivity index (χ0v) is 67.3. The number of likely N-dealkylation sites (N-methyl/N-ethyl adjacent to an activating group) is 1. The summed E-state index contributed by atoms with van der Waals surface area (Å²) in [5.74, 6) is -3.63. The van der Waals surface area contributed by atoms with Crippen LogP contribution in [0.1, 0.15) is 71.6 Å². The first-order valence-electron chi connectivity index (χ1n) is 38.4. The van der Waals surface area contributed by atoms with Gasteiger partial charge in [-0.15, -0.1) is 0 Å². The fourth-order valence-electron chi connectivity index (χ4n) is 13.1. The lowest BCUT2D eigenvalue weighted by molar-refractivity contribution is -0.122. The Hall–Kier alpha value is -11.8. The van der Waals surface area contributed by atoms with Crippen molar-refractivity contribution in [3.8, 4) is 17.2 Å². The maximum absolute atomic E-state index is 14.7. The standard InChI is InChI=1S/C84H99N15O15S2/c1-58-48-68(75(82(109)96(58)44-46-100)113-56-64-22-14-8-15-23-64)79(106)91-33-41-92-39-31-89-77(104)66-26-34-95(81(108)74(66)112-55-63-20-12-7-13-21-63)51-70(101)86-28-37-94(38-30-87-71(102)52-98-59(2)49-67(78(105)90-32-40-92)73(61(98)4)111-54-62-18-10-6-11-19-62)43-42-93(35-27-85-5)36-29-88-72(103)53-99-60(3)50-69(80(107)97-45-47-116-84(97)115)76(83(99)110)114-57-65-24-16-9-17-25-65/h6-26,34,46,48-50,85H,4,27-33,35-45,47,51-57H2,1-3,5H3,(H,86,101)(H,87,102)(H,88,103)(H,89,104)(H,90,105)(H,91,106). The number of thioether (sulfide) groups is 1. The normalized spacial score (nSPS) is 15.2. The van der Waals surface area contributed by atoms with Crippen LogP contribution in [0.25, 0.3) is 0 Å². The van der Waals surface area contributed by atoms with Crippen molar-refractivity contribution in [3.63, 3.8) is 0 Å². The molecule has 7 N–H and O–H groups in total. The van der Waals surface area contributed by atoms with Gasteiger partial charge in [-0.3, -0.25) is 67.5 Å². The summed E-state index contributed by atoms with van der Waals surface area (Å²) >= 11 is 6.84. The minimum Gasteiger partial charge on any atom is -0.486 e. The topological polar surface area (TPSA) is 340 Å². The number of nitrogens with zero attached hydrogens (tertiary/aromatic N) is 8. The van der Waals surface area contributed by atoms with E-state index in [-0.39, 0.29) is 168 Å². The molecule has 6 aliphatic heterocycles. The van der Waals surface area contributed by atoms with Gasteiger partial charge in [0.05, 0.1) is 34.5 Å². The predicted octanol–water partition coefficient (Wildman–Crippen LogP) is 3.87. The van der Waals surface area contributed by atoms with Crippen LogP contribution in [0.5, 0.6) is 17.2 Å². The van der Waals surface area contributed by atoms with Crippen molar-refractivity contribution in [2.45, 2.75) is 66.8 Å². The van der Waals surface area contributed by atoms with Crippen molar-refractivity contribution in [2.24, 2.45) is 0 Å². The van der Waals surface area contributed by atoms with Crippen LogP contribution in [0.2, 0.25) is 0 Å². The van der Waals surface area contributed by atoms with Crippen molar-refractivity contribution in [3.05, 3.63) is 262 Å². The molecular weight excluding hydrogens is 1520 g/mol. The highest BCUT2D eigenvalue weighted by Gasteiger charge is 2.33. The zero-order chi connectivity index (χ0) is 82.5. The number of aldehydes is 1. The Balaban J connectivity index is 0.863. The fraction of sp³-hybridized carbons (Fsp3) is 0.357. The number of thiocarbonyl (C=S) groups is 1. The third-order valence-corrected chi connectivity index (χ3v) is 20.9. The van der Waals surface area contributed by atoms with Gasteiger partial charge in [0.25, 0.3) is 40.3 Å². The lowest BCUT2D eigenvalue weighted by atomic mass is 10.0. The monoisotopic (exact) mass is 1620 g/mol. The molecule has 32 heteroatoms. The van der Waals surface area contributed by atoms with E-state index in [1.807, 2.05) is 96.9 Å². The Morgan fingerprint density at radius 1 is 0.569 bits per heavy atom. The number of aromatic nitrogens is 3. The van der Waals surface area contributed by atoms with Crippen LogP contribution in [-0.4, -0.2) is 221 Å². The van der Waals surface area contributed by atoms with E-state index >= 15 is 0 Å². The molecule has 0 saturated carbocycles. The van der Waals surface area contributed by atoms with Gasteiger partial charge in [-0.05, 0) is 74.3 Å². The van der Waals surface area contributed by atoms with Crippen LogP contribution < -0.4 is 68.1 Å². The number of hydrogen-bond acceptors (Lipinski definition) is 22. The maximum atomic E-state index is 14.7. The van der Waals surface area contributed by atoms with Gasteiger partial charge in [0.15, 0.2) is 23.0 Å². The lowest BCUT2D eigenvalue weighted by Crippen LogP contribution is -2.46. The average Bonchev–Trinajstić information content (AvgIpc) is 1.20. The number of hydrogen-bond donors (Lipinski definition) is 7. The van der Waals surface area contributed by atoms with Crippen LogP contribution in [0.3, 0.4) is 0 Å². The van der Waals surface area contributed by atoms with Crippen LogP contribution in [0.15, 0.2) is 195 Å². The first-order valence-corrected chi connectivity index (χ1v) is 39.7. The van der Waals surface area contributed by atoms with Gasteiger partial charge < -0.3 is 79.6 Å². The van der Waals surface area contributed by atoms with E-state index < -0.39 is 58.7 Å². The molecule has 3 aromatic heterocycles. The summed E-state index contributed by atoms with van der Waals surface area (Å²) in [4.78, 5) is 163. The van der Waals surface area contributed by atoms with E-state index in [1.54, 1.807) is 74.2 Å². The number of carbonyl (C=O) groups excluding carboxylic acids is 8. The van der Waals surface area contributed by atoms with Crippen LogP contribution in [0, 0.1) is 13.8 Å². The first-order chi connectivity index (χ1) is 56.2. The van der Waals surface area contributed by atoms with Crippen molar-refractivity contribution in [2.75, 3.05) is 131 Å². The van der Waals surface area contributed by atoms with Crippen molar-refractivity contribution < 1.29 is 57.3 Å². The van der Waals surface area contributed by atoms with E-state index in [0.29, 0.717) is 84.8 Å². The van der Waals surface area contributed by atoms with Crippen molar-refractivity contribution in [1.82, 2.24) is 75.4 Å². The number of nitrogens with one attached hydrogen (secondary N) is 7. The van der Waals surface area contributed by atoms with Gasteiger partial charge >= 0.3 is 0 Å². The molecule has 612 valence electrons. The van der Waals surface area contributed by atoms with Gasteiger partial charge in [-0.2, -0.15) is 0 Å². The highest BCUT2D eigenvalue weighted by atomic mass is 32.2. The second kappa shape index (κ2) is 43.6. The van der Waals surface area contributed by atoms with Gasteiger partial charge in [-0.25, -0.2) is 0 Å². The minimum atomic E-state index is -0.750. The highest BCUT2D eigenvalue weighted by Crippen LogP contribution is 2.31. The SMILES string of the molecule is C=C1C(OCc2ccccc2)=C2C=C(C)N1CC(=O)NCCN(CCN(CCNC)CCNC(=O)Cn1c(C)cc(C(=O)N3CCSC3=S)c(OCc3ccccc3)c1=O)CCNC(=O)Cn1ccc(c(OCc3ccccc3)c1=O)C(=O)NCCN(CCNC(=O)c1cc(C)n(CC=O)c(=O)c1OCc1ccccc1)CCNC2=O. The van der Waals surface area contributed by atoms with E-state index in [4.69, 9.17) is 31.2 Å². The second-order valence-electron chi connectivity index (χ2n) is 27.7. The van der Waals surface area contributed by atoms with Gasteiger partial charge in [-0.1, -0.05) is 152 Å². The molecule has 9 heterocycles. The molecule has 7 amide bonds. The summed E-state index contributed by atoms with van der Waals surface area (Å²) < 4.78 is 28.8. The number of ether oxygens (including phenoxy) is 4. The maximum Gasteiger partial charge on any atom is 0.294 e. The molecule has 6 aliphatic rings. The Morgan fingerprint density at radius 2 is 1.08 bits per heavy atom. The van der Waals surface area contributed by atoms with E-state index in [1.165, 1.54) is 44.1 Å². The Bertz CT molecular complexity index is 4930. The summed E-state index contributed by atoms with van der Waals surface area (Å²) in [6.07, 6.45) is 3.55. The Kier molecular flexibility index (Phi) is 32.6. The summed E-state index contributed by atoms with van der Waals surface area (Å²) in [5.41, 5.74) is 2.47. The van der Waals surface area contributed by atoms with Crippen molar-refractivity contribution in [1.29, 1.82) is 0 Å². The number of carbonyl (C=O) groups is 8. The van der Waals surface area contributed by atoms with Gasteiger partial charge in [0, 0.05) is 140 Å². The Labute approximate surface area is 682 Å². The molecule has 116 heavy (non-hydrogen) atoms. The largest absolute Gasteiger partial charge is 0.486 e. The molecule has 13 rings (SSSR count). The van der Waals surface area contributed by atoms with Crippen LogP contribution in [0.4, 0.5) is 0 Å². The number of aryl methyl sites for hydroxylation is 2. The lowest BCUT2D eigenvalue weighted by Gasteiger charge is -2.33. The van der Waals surface area contributed by atoms with Crippen LogP contribution >= 0.6 is 24.0 Å². The number of allylic oxidation sites excluding steroid dienone is 1. The summed E-state index contributed by atoms with van der Waals surface area (Å²) in [6, 6.07) is 41.0. The molecule has 0 unspecified atom stereocenters. The molecule has 1 saturated heterocycles. The average molecular weight is 1620 g/mol. The van der Waals surface area contributed by atoms with Gasteiger partial charge in [0.1, 0.15) is 56.7 Å². The van der Waals surface area contributed by atoms with Crippen molar-refractivity contribution >= 4 is 75.9 Å². The minimum absolute atomic E-state index is 0.00304. The molecule has 7 aromatic rings. The fourth-order valence-corrected chi connectivity index (χ4v) is 14.3. The number of rotatable bonds is 30. The summed E-state index contributed by atoms with van der Waals surface area (Å²) in [5, 5.41) is 21.0. The Morgan fingerprint density at radius 3 is 1.65 bits per heavy atom. The van der Waals surface area contributed by atoms with Gasteiger partial charge in [0.2, 0.25) is 17.7 Å². The number of amides is 7. The molecular formula is C84H99N15O15S2. The molecule has 0 atom stereocenters. The smallest absolute Gasteiger partial charge is 0.294 e. The van der Waals surface area contributed by atoms with Crippen LogP contribution in [-0.2, 0) is 74.8 Å². The first kappa shape index (κ1) is 86.6. The molecule has 30 nitrogen and oxygen atoms in total.